The monoisotopic (exact) mass is 1360 g/mol. The molecule has 2 aliphatic rings. The third-order valence-electron chi connectivity index (χ3n) is 20.4. The van der Waals surface area contributed by atoms with Crippen molar-refractivity contribution in [3.8, 4) is 0 Å². The Bertz CT molecular complexity index is 1750. The van der Waals surface area contributed by atoms with Crippen molar-refractivity contribution >= 4 is 5.91 Å². The van der Waals surface area contributed by atoms with Gasteiger partial charge in [-0.25, -0.2) is 0 Å². The molecule has 0 spiro atoms. The highest BCUT2D eigenvalue weighted by Crippen LogP contribution is 2.30. The van der Waals surface area contributed by atoms with Crippen molar-refractivity contribution < 1.29 is 64.6 Å². The van der Waals surface area contributed by atoms with Gasteiger partial charge >= 0.3 is 0 Å². The zero-order valence-corrected chi connectivity index (χ0v) is 62.1. The average Bonchev–Trinajstić information content (AvgIpc) is 0.807. The molecule has 2 fully saturated rings. The minimum atomic E-state index is -1.78. The van der Waals surface area contributed by atoms with Crippen molar-refractivity contribution in [2.24, 2.45) is 0 Å². The first-order chi connectivity index (χ1) is 47.1. The Balaban J connectivity index is 1.54. The van der Waals surface area contributed by atoms with Gasteiger partial charge < -0.3 is 65.1 Å². The molecule has 2 heterocycles. The SMILES string of the molecule is CCCCCCC/C=C\C/C=C\C/C=C\CCCCCCCCCCCCCCCCCCCCCCCCCCCCC(=O)NC(COC1OC(CO)C(OC2OC(CO)C(O)C(O)C2O)C(O)C1O)C(O)CCCCCCCCCCCCCCCCCCCCCCC. The van der Waals surface area contributed by atoms with Gasteiger partial charge in [0, 0.05) is 6.42 Å². The fourth-order valence-electron chi connectivity index (χ4n) is 13.8. The van der Waals surface area contributed by atoms with E-state index in [1.54, 1.807) is 0 Å². The molecule has 0 aliphatic carbocycles. The number of hydrogen-bond donors (Lipinski definition) is 9. The van der Waals surface area contributed by atoms with Crippen LogP contribution in [0.3, 0.4) is 0 Å². The summed E-state index contributed by atoms with van der Waals surface area (Å²) >= 11 is 0. The molecule has 0 radical (unpaired) electrons. The summed E-state index contributed by atoms with van der Waals surface area (Å²) in [6.07, 6.45) is 70.6. The number of ether oxygens (including phenoxy) is 4. The first-order valence-electron chi connectivity index (χ1n) is 41.2. The van der Waals surface area contributed by atoms with E-state index in [0.717, 1.165) is 64.2 Å². The summed E-state index contributed by atoms with van der Waals surface area (Å²) < 4.78 is 23.0. The fraction of sp³-hybridized carbons (Fsp3) is 0.915. The molecule has 0 aromatic carbocycles. The quantitative estimate of drug-likeness (QED) is 0.0204. The van der Waals surface area contributed by atoms with Gasteiger partial charge in [-0.3, -0.25) is 4.79 Å². The minimum absolute atomic E-state index is 0.198. The van der Waals surface area contributed by atoms with Crippen LogP contribution in [0.2, 0.25) is 0 Å². The maximum Gasteiger partial charge on any atom is 0.220 e. The van der Waals surface area contributed by atoms with Crippen LogP contribution in [-0.4, -0.2) is 140 Å². The highest BCUT2D eigenvalue weighted by molar-refractivity contribution is 5.76. The molecule has 14 heteroatoms. The standard InChI is InChI=1S/C82H155NO13/c1-3-5-7-9-11-13-15-17-19-21-23-25-26-27-28-29-30-31-32-33-34-35-36-37-38-39-40-41-42-43-44-46-48-50-52-54-56-58-60-62-64-66-74(87)83-70(71(86)65-63-61-59-57-55-53-51-49-47-45-24-22-20-18-16-14-12-10-8-6-4-2)69-93-81-79(92)77(90)80(73(68-85)95-81)96-82-78(91)76(89)75(88)72(67-84)94-82/h15,17,21,23,26-27,70-73,75-82,84-86,88-92H,3-14,16,18-20,22,24-25,28-69H2,1-2H3,(H,83,87)/b17-15-,23-21-,27-26-. The lowest BCUT2D eigenvalue weighted by molar-refractivity contribution is -0.359. The molecular weight excluding hydrogens is 1210 g/mol. The number of aliphatic hydroxyl groups excluding tert-OH is 8. The molecule has 2 saturated heterocycles. The van der Waals surface area contributed by atoms with Crippen molar-refractivity contribution in [3.05, 3.63) is 36.5 Å². The van der Waals surface area contributed by atoms with Crippen LogP contribution in [0.4, 0.5) is 0 Å². The highest BCUT2D eigenvalue weighted by Gasteiger charge is 2.51. The first-order valence-corrected chi connectivity index (χ1v) is 41.2. The molecule has 0 aromatic rings. The van der Waals surface area contributed by atoms with Gasteiger partial charge in [0.15, 0.2) is 12.6 Å². The van der Waals surface area contributed by atoms with Crippen molar-refractivity contribution in [1.29, 1.82) is 0 Å². The number of rotatable bonds is 70. The largest absolute Gasteiger partial charge is 0.394 e. The number of carbonyl (C=O) groups excluding carboxylic acids is 1. The fourth-order valence-corrected chi connectivity index (χ4v) is 13.8. The van der Waals surface area contributed by atoms with Crippen molar-refractivity contribution in [3.63, 3.8) is 0 Å². The second-order valence-corrected chi connectivity index (χ2v) is 29.3. The molecule has 0 bridgehead atoms. The number of hydrogen-bond acceptors (Lipinski definition) is 13. The summed E-state index contributed by atoms with van der Waals surface area (Å²) in [7, 11) is 0. The third kappa shape index (κ3) is 48.9. The summed E-state index contributed by atoms with van der Waals surface area (Å²) in [6.45, 7) is 2.91. The molecule has 12 unspecified atom stereocenters. The lowest BCUT2D eigenvalue weighted by Crippen LogP contribution is -2.65. The van der Waals surface area contributed by atoms with E-state index in [2.05, 4.69) is 55.6 Å². The normalized spacial score (nSPS) is 22.4. The van der Waals surface area contributed by atoms with E-state index in [1.807, 2.05) is 0 Å². The van der Waals surface area contributed by atoms with E-state index in [1.165, 1.54) is 295 Å². The van der Waals surface area contributed by atoms with E-state index >= 15 is 0 Å². The summed E-state index contributed by atoms with van der Waals surface area (Å²) in [5, 5.41) is 87.8. The van der Waals surface area contributed by atoms with Crippen molar-refractivity contribution in [2.45, 2.75) is 460 Å². The smallest absolute Gasteiger partial charge is 0.220 e. The molecule has 12 atom stereocenters. The van der Waals surface area contributed by atoms with Gasteiger partial charge in [-0.05, 0) is 51.4 Å². The average molecular weight is 1360 g/mol. The Morgan fingerprint density at radius 1 is 0.375 bits per heavy atom. The van der Waals surface area contributed by atoms with Crippen LogP contribution in [-0.2, 0) is 23.7 Å². The highest BCUT2D eigenvalue weighted by atomic mass is 16.7. The van der Waals surface area contributed by atoms with Crippen LogP contribution < -0.4 is 5.32 Å². The Kier molecular flexibility index (Phi) is 62.5. The zero-order chi connectivity index (χ0) is 69.4. The molecule has 96 heavy (non-hydrogen) atoms. The maximum atomic E-state index is 13.4. The molecule has 566 valence electrons. The van der Waals surface area contributed by atoms with Crippen LogP contribution in [0.5, 0.6) is 0 Å². The number of amides is 1. The molecule has 0 saturated carbocycles. The number of allylic oxidation sites excluding steroid dienone is 6. The van der Waals surface area contributed by atoms with Crippen LogP contribution in [0.25, 0.3) is 0 Å². The minimum Gasteiger partial charge on any atom is -0.394 e. The van der Waals surface area contributed by atoms with Gasteiger partial charge in [0.05, 0.1) is 32.0 Å². The van der Waals surface area contributed by atoms with Gasteiger partial charge in [-0.1, -0.05) is 365 Å². The molecule has 0 aromatic heterocycles. The van der Waals surface area contributed by atoms with Crippen molar-refractivity contribution in [1.82, 2.24) is 5.32 Å². The molecule has 9 N–H and O–H groups in total. The Morgan fingerprint density at radius 3 is 1.05 bits per heavy atom. The van der Waals surface area contributed by atoms with Gasteiger partial charge in [-0.15, -0.1) is 0 Å². The molecule has 2 aliphatic heterocycles. The Morgan fingerprint density at radius 2 is 0.688 bits per heavy atom. The second kappa shape index (κ2) is 66.4. The van der Waals surface area contributed by atoms with Crippen LogP contribution in [0.15, 0.2) is 36.5 Å². The van der Waals surface area contributed by atoms with E-state index < -0.39 is 86.8 Å². The summed E-state index contributed by atoms with van der Waals surface area (Å²) in [4.78, 5) is 13.4. The van der Waals surface area contributed by atoms with E-state index in [9.17, 15) is 45.6 Å². The lowest BCUT2D eigenvalue weighted by atomic mass is 9.97. The lowest BCUT2D eigenvalue weighted by Gasteiger charge is -2.46. The topological polar surface area (TPSA) is 228 Å². The third-order valence-corrected chi connectivity index (χ3v) is 20.4. The number of carbonyl (C=O) groups is 1. The van der Waals surface area contributed by atoms with Gasteiger partial charge in [0.1, 0.15) is 48.8 Å². The maximum absolute atomic E-state index is 13.4. The van der Waals surface area contributed by atoms with Crippen molar-refractivity contribution in [2.75, 3.05) is 19.8 Å². The van der Waals surface area contributed by atoms with Crippen LogP contribution in [0.1, 0.15) is 386 Å². The van der Waals surface area contributed by atoms with Gasteiger partial charge in [-0.2, -0.15) is 0 Å². The molecular formula is C82H155NO13. The second-order valence-electron chi connectivity index (χ2n) is 29.3. The number of aliphatic hydroxyl groups is 8. The summed E-state index contributed by atoms with van der Waals surface area (Å²) in [6, 6.07) is -0.828. The Labute approximate surface area is 589 Å². The van der Waals surface area contributed by atoms with Crippen LogP contribution in [0, 0.1) is 0 Å². The predicted octanol–water partition coefficient (Wildman–Crippen LogP) is 18.8. The number of unbranched alkanes of at least 4 members (excludes halogenated alkanes) is 51. The predicted molar refractivity (Wildman–Crippen MR) is 397 cm³/mol. The van der Waals surface area contributed by atoms with Crippen LogP contribution >= 0.6 is 0 Å². The zero-order valence-electron chi connectivity index (χ0n) is 62.1. The summed E-state index contributed by atoms with van der Waals surface area (Å²) in [5.74, 6) is -0.198. The van der Waals surface area contributed by atoms with E-state index in [-0.39, 0.29) is 12.5 Å². The van der Waals surface area contributed by atoms with E-state index in [0.29, 0.717) is 12.8 Å². The molecule has 2 rings (SSSR count). The van der Waals surface area contributed by atoms with Gasteiger partial charge in [0.2, 0.25) is 5.91 Å². The first kappa shape index (κ1) is 90.3. The molecule has 14 nitrogen and oxygen atoms in total. The molecule has 1 amide bonds. The summed E-state index contributed by atoms with van der Waals surface area (Å²) in [5.41, 5.74) is 0. The Hall–Kier alpha value is -1.79. The number of nitrogens with one attached hydrogen (secondary N) is 1. The van der Waals surface area contributed by atoms with Gasteiger partial charge in [0.25, 0.3) is 0 Å². The van der Waals surface area contributed by atoms with E-state index in [4.69, 9.17) is 18.9 Å².